The summed E-state index contributed by atoms with van der Waals surface area (Å²) in [5.41, 5.74) is 2.21. The van der Waals surface area contributed by atoms with E-state index in [2.05, 4.69) is 25.0 Å². The topological polar surface area (TPSA) is 47.3 Å². The molecular formula is C17H24N2O2. The molecule has 0 aliphatic heterocycles. The fraction of sp³-hybridized carbons (Fsp3) is 0.471. The summed E-state index contributed by atoms with van der Waals surface area (Å²) >= 11 is 0. The molecule has 2 rings (SSSR count). The molecule has 1 aromatic carbocycles. The van der Waals surface area contributed by atoms with Crippen molar-refractivity contribution < 1.29 is 9.84 Å². The minimum atomic E-state index is 0.158. The molecule has 0 fully saturated rings. The lowest BCUT2D eigenvalue weighted by Crippen LogP contribution is -2.14. The van der Waals surface area contributed by atoms with E-state index >= 15 is 0 Å². The Morgan fingerprint density at radius 3 is 2.67 bits per heavy atom. The quantitative estimate of drug-likeness (QED) is 0.852. The van der Waals surface area contributed by atoms with Crippen LogP contribution in [0.25, 0.3) is 0 Å². The van der Waals surface area contributed by atoms with Crippen LogP contribution in [-0.2, 0) is 12.8 Å². The maximum absolute atomic E-state index is 9.63. The Labute approximate surface area is 126 Å². The van der Waals surface area contributed by atoms with Gasteiger partial charge in [0.25, 0.3) is 0 Å². The number of ether oxygens (including phenoxy) is 1. The second-order valence-electron chi connectivity index (χ2n) is 5.69. The number of aromatic nitrogens is 2. The Morgan fingerprint density at radius 1 is 1.24 bits per heavy atom. The first-order valence-electron chi connectivity index (χ1n) is 7.40. The lowest BCUT2D eigenvalue weighted by molar-refractivity contribution is 0.223. The zero-order valence-electron chi connectivity index (χ0n) is 13.0. The molecule has 0 spiro atoms. The number of nitrogens with zero attached hydrogens (tertiary/aromatic N) is 2. The second-order valence-corrected chi connectivity index (χ2v) is 5.69. The van der Waals surface area contributed by atoms with E-state index < -0.39 is 0 Å². The minimum absolute atomic E-state index is 0.158. The highest BCUT2D eigenvalue weighted by Crippen LogP contribution is 2.18. The first-order chi connectivity index (χ1) is 10.1. The van der Waals surface area contributed by atoms with Gasteiger partial charge in [0, 0.05) is 18.8 Å². The van der Waals surface area contributed by atoms with Crippen LogP contribution in [0.5, 0.6) is 5.75 Å². The van der Waals surface area contributed by atoms with Crippen molar-refractivity contribution in [2.75, 3.05) is 13.7 Å². The second kappa shape index (κ2) is 7.27. The predicted molar refractivity (Wildman–Crippen MR) is 83.6 cm³/mol. The molecule has 4 nitrogen and oxygen atoms in total. The Morgan fingerprint density at radius 2 is 2.05 bits per heavy atom. The summed E-state index contributed by atoms with van der Waals surface area (Å²) in [7, 11) is 1.67. The van der Waals surface area contributed by atoms with Gasteiger partial charge >= 0.3 is 0 Å². The van der Waals surface area contributed by atoms with Crippen LogP contribution in [0.2, 0.25) is 0 Å². The first kappa shape index (κ1) is 15.6. The monoisotopic (exact) mass is 288 g/mol. The fourth-order valence-electron chi connectivity index (χ4n) is 2.40. The molecule has 0 amide bonds. The van der Waals surface area contributed by atoms with Crippen LogP contribution in [-0.4, -0.2) is 28.6 Å². The smallest absolute Gasteiger partial charge is 0.119 e. The van der Waals surface area contributed by atoms with Gasteiger partial charge in [0.2, 0.25) is 0 Å². The number of methoxy groups -OCH3 is 1. The third-order valence-electron chi connectivity index (χ3n) is 3.61. The molecule has 2 aromatic rings. The van der Waals surface area contributed by atoms with Gasteiger partial charge in [0.05, 0.1) is 12.8 Å². The van der Waals surface area contributed by atoms with Crippen molar-refractivity contribution in [3.05, 3.63) is 47.8 Å². The number of aliphatic hydroxyl groups excluding tert-OH is 1. The summed E-state index contributed by atoms with van der Waals surface area (Å²) in [5.74, 6) is 1.03. The van der Waals surface area contributed by atoms with Gasteiger partial charge in [0.1, 0.15) is 5.75 Å². The molecule has 1 heterocycles. The SMILES string of the molecule is COc1cccc(CC(CO)Cc2ccn(C(C)C)n2)c1. The molecule has 0 bridgehead atoms. The van der Waals surface area contributed by atoms with Crippen LogP contribution in [0.15, 0.2) is 36.5 Å². The van der Waals surface area contributed by atoms with Gasteiger partial charge in [-0.05, 0) is 56.4 Å². The molecule has 0 aliphatic rings. The van der Waals surface area contributed by atoms with Crippen molar-refractivity contribution in [1.29, 1.82) is 0 Å². The van der Waals surface area contributed by atoms with Crippen LogP contribution in [0.4, 0.5) is 0 Å². The number of benzene rings is 1. The average Bonchev–Trinajstić information content (AvgIpc) is 2.95. The van der Waals surface area contributed by atoms with Crippen molar-refractivity contribution in [2.45, 2.75) is 32.7 Å². The maximum atomic E-state index is 9.63. The average molecular weight is 288 g/mol. The summed E-state index contributed by atoms with van der Waals surface area (Å²) in [6.07, 6.45) is 3.61. The van der Waals surface area contributed by atoms with E-state index in [-0.39, 0.29) is 12.5 Å². The maximum Gasteiger partial charge on any atom is 0.119 e. The summed E-state index contributed by atoms with van der Waals surface area (Å²) in [6, 6.07) is 10.4. The van der Waals surface area contributed by atoms with Gasteiger partial charge in [-0.25, -0.2) is 0 Å². The Bertz CT molecular complexity index is 563. The van der Waals surface area contributed by atoms with Gasteiger partial charge in [-0.2, -0.15) is 5.10 Å². The largest absolute Gasteiger partial charge is 0.497 e. The van der Waals surface area contributed by atoms with Crippen LogP contribution in [0.1, 0.15) is 31.1 Å². The van der Waals surface area contributed by atoms with Crippen molar-refractivity contribution in [2.24, 2.45) is 5.92 Å². The molecule has 0 aliphatic carbocycles. The van der Waals surface area contributed by atoms with Gasteiger partial charge in [-0.15, -0.1) is 0 Å². The van der Waals surface area contributed by atoms with Crippen molar-refractivity contribution in [3.63, 3.8) is 0 Å². The summed E-state index contributed by atoms with van der Waals surface area (Å²) < 4.78 is 7.19. The standard InChI is InChI=1S/C17H24N2O2/c1-13(2)19-8-7-16(18-19)10-15(12-20)9-14-5-4-6-17(11-14)21-3/h4-8,11,13,15,20H,9-10,12H2,1-3H3. The van der Waals surface area contributed by atoms with Gasteiger partial charge in [-0.3, -0.25) is 4.68 Å². The molecule has 1 N–H and O–H groups in total. The summed E-state index contributed by atoms with van der Waals surface area (Å²) in [6.45, 7) is 4.37. The van der Waals surface area contributed by atoms with Crippen molar-refractivity contribution >= 4 is 0 Å². The van der Waals surface area contributed by atoms with E-state index in [1.54, 1.807) is 7.11 Å². The normalized spacial score (nSPS) is 12.6. The Kier molecular flexibility index (Phi) is 5.39. The summed E-state index contributed by atoms with van der Waals surface area (Å²) in [4.78, 5) is 0. The zero-order chi connectivity index (χ0) is 15.2. The number of rotatable bonds is 7. The highest BCUT2D eigenvalue weighted by atomic mass is 16.5. The third-order valence-corrected chi connectivity index (χ3v) is 3.61. The molecule has 0 radical (unpaired) electrons. The van der Waals surface area contributed by atoms with E-state index in [1.807, 2.05) is 35.1 Å². The van der Waals surface area contributed by atoms with Crippen molar-refractivity contribution in [1.82, 2.24) is 9.78 Å². The molecule has 0 saturated carbocycles. The van der Waals surface area contributed by atoms with E-state index in [1.165, 1.54) is 5.56 Å². The lowest BCUT2D eigenvalue weighted by Gasteiger charge is -2.13. The van der Waals surface area contributed by atoms with E-state index in [4.69, 9.17) is 4.74 Å². The molecule has 4 heteroatoms. The fourth-order valence-corrected chi connectivity index (χ4v) is 2.40. The lowest BCUT2D eigenvalue weighted by atomic mass is 9.95. The van der Waals surface area contributed by atoms with Gasteiger partial charge in [0.15, 0.2) is 0 Å². The number of hydrogen-bond acceptors (Lipinski definition) is 3. The van der Waals surface area contributed by atoms with Crippen LogP contribution >= 0.6 is 0 Å². The molecule has 0 saturated heterocycles. The highest BCUT2D eigenvalue weighted by Gasteiger charge is 2.13. The molecule has 114 valence electrons. The predicted octanol–water partition coefficient (Wildman–Crippen LogP) is 2.87. The van der Waals surface area contributed by atoms with Crippen LogP contribution in [0.3, 0.4) is 0 Å². The molecular weight excluding hydrogens is 264 g/mol. The van der Waals surface area contributed by atoms with E-state index in [0.29, 0.717) is 6.04 Å². The Hall–Kier alpha value is -1.81. The number of aliphatic hydroxyl groups is 1. The summed E-state index contributed by atoms with van der Waals surface area (Å²) in [5, 5.41) is 14.2. The minimum Gasteiger partial charge on any atom is -0.497 e. The van der Waals surface area contributed by atoms with Gasteiger partial charge in [-0.1, -0.05) is 12.1 Å². The van der Waals surface area contributed by atoms with E-state index in [9.17, 15) is 5.11 Å². The Balaban J connectivity index is 2.01. The first-order valence-corrected chi connectivity index (χ1v) is 7.40. The molecule has 21 heavy (non-hydrogen) atoms. The van der Waals surface area contributed by atoms with Crippen LogP contribution in [0, 0.1) is 5.92 Å². The molecule has 1 atom stereocenters. The number of hydrogen-bond donors (Lipinski definition) is 1. The van der Waals surface area contributed by atoms with E-state index in [0.717, 1.165) is 24.3 Å². The van der Waals surface area contributed by atoms with Crippen molar-refractivity contribution in [3.8, 4) is 5.75 Å². The van der Waals surface area contributed by atoms with Crippen LogP contribution < -0.4 is 4.74 Å². The molecule has 1 unspecified atom stereocenters. The zero-order valence-corrected chi connectivity index (χ0v) is 13.0. The molecule has 1 aromatic heterocycles. The van der Waals surface area contributed by atoms with Gasteiger partial charge < -0.3 is 9.84 Å². The highest BCUT2D eigenvalue weighted by molar-refractivity contribution is 5.28. The third kappa shape index (κ3) is 4.33.